The molecule has 1 aromatic heterocycles. The predicted molar refractivity (Wildman–Crippen MR) is 91.8 cm³/mol. The lowest BCUT2D eigenvalue weighted by Gasteiger charge is -2.32. The molecule has 0 radical (unpaired) electrons. The molecule has 2 aromatic rings. The molecule has 26 heavy (non-hydrogen) atoms. The molecule has 0 bridgehead atoms. The molecule has 3 rings (SSSR count). The van der Waals surface area contributed by atoms with Crippen molar-refractivity contribution < 1.29 is 23.1 Å². The van der Waals surface area contributed by atoms with Crippen molar-refractivity contribution in [2.45, 2.75) is 25.9 Å². The number of carbonyl (C=O) groups excluding carboxylic acids is 1. The highest BCUT2D eigenvalue weighted by Gasteiger charge is 2.24. The number of aryl methyl sites for hydroxylation is 1. The van der Waals surface area contributed by atoms with Gasteiger partial charge in [-0.25, -0.2) is 9.18 Å². The summed E-state index contributed by atoms with van der Waals surface area (Å²) in [5.41, 5.74) is -0.439. The first-order valence-corrected chi connectivity index (χ1v) is 8.44. The van der Waals surface area contributed by atoms with Crippen molar-refractivity contribution in [1.29, 1.82) is 0 Å². The van der Waals surface area contributed by atoms with Gasteiger partial charge in [0.15, 0.2) is 6.61 Å². The van der Waals surface area contributed by atoms with Gasteiger partial charge in [-0.15, -0.1) is 0 Å². The third-order valence-electron chi connectivity index (χ3n) is 4.14. The van der Waals surface area contributed by atoms with E-state index in [4.69, 9.17) is 13.9 Å². The standard InChI is InChI=1S/C19H20FNO5/c1-13-10-17(11-19(23)25-13)26-16-6-8-21(9-7-16)18(22)12-24-15-4-2-14(20)3-5-15/h2-5,10-11,16H,6-9,12H2,1H3. The van der Waals surface area contributed by atoms with Crippen molar-refractivity contribution in [2.75, 3.05) is 19.7 Å². The third-order valence-corrected chi connectivity index (χ3v) is 4.14. The number of halogens is 1. The van der Waals surface area contributed by atoms with Crippen LogP contribution in [0.2, 0.25) is 0 Å². The number of benzene rings is 1. The molecule has 2 heterocycles. The molecule has 0 unspecified atom stereocenters. The fraction of sp³-hybridized carbons (Fsp3) is 0.368. The van der Waals surface area contributed by atoms with E-state index in [9.17, 15) is 14.0 Å². The normalized spacial score (nSPS) is 14.9. The maximum Gasteiger partial charge on any atom is 0.339 e. The second-order valence-electron chi connectivity index (χ2n) is 6.16. The first-order valence-electron chi connectivity index (χ1n) is 8.44. The van der Waals surface area contributed by atoms with Crippen LogP contribution in [0.15, 0.2) is 45.6 Å². The van der Waals surface area contributed by atoms with Crippen molar-refractivity contribution in [3.05, 3.63) is 58.4 Å². The summed E-state index contributed by atoms with van der Waals surface area (Å²) in [7, 11) is 0. The number of hydrogen-bond acceptors (Lipinski definition) is 5. The first-order chi connectivity index (χ1) is 12.5. The molecule has 1 aromatic carbocycles. The van der Waals surface area contributed by atoms with E-state index in [1.165, 1.54) is 30.3 Å². The van der Waals surface area contributed by atoms with Crippen LogP contribution in [-0.4, -0.2) is 36.6 Å². The Labute approximate surface area is 150 Å². The van der Waals surface area contributed by atoms with Gasteiger partial charge in [0, 0.05) is 32.0 Å². The number of nitrogens with zero attached hydrogens (tertiary/aromatic N) is 1. The molecular formula is C19H20FNO5. The van der Waals surface area contributed by atoms with Crippen LogP contribution in [0.3, 0.4) is 0 Å². The van der Waals surface area contributed by atoms with Crippen LogP contribution >= 0.6 is 0 Å². The molecule has 0 spiro atoms. The molecule has 0 atom stereocenters. The summed E-state index contributed by atoms with van der Waals surface area (Å²) in [6.07, 6.45) is 1.28. The van der Waals surface area contributed by atoms with Gasteiger partial charge < -0.3 is 18.8 Å². The highest BCUT2D eigenvalue weighted by molar-refractivity contribution is 5.77. The van der Waals surface area contributed by atoms with Crippen LogP contribution < -0.4 is 15.1 Å². The van der Waals surface area contributed by atoms with E-state index in [0.29, 0.717) is 43.2 Å². The predicted octanol–water partition coefficient (Wildman–Crippen LogP) is 2.54. The minimum atomic E-state index is -0.439. The molecule has 0 saturated carbocycles. The molecule has 1 saturated heterocycles. The molecule has 1 fully saturated rings. The van der Waals surface area contributed by atoms with Gasteiger partial charge in [-0.3, -0.25) is 4.79 Å². The zero-order valence-corrected chi connectivity index (χ0v) is 14.4. The van der Waals surface area contributed by atoms with E-state index >= 15 is 0 Å². The second-order valence-corrected chi connectivity index (χ2v) is 6.16. The van der Waals surface area contributed by atoms with Crippen LogP contribution in [0, 0.1) is 12.7 Å². The van der Waals surface area contributed by atoms with Gasteiger partial charge in [0.1, 0.15) is 29.2 Å². The van der Waals surface area contributed by atoms with Crippen LogP contribution in [-0.2, 0) is 4.79 Å². The number of likely N-dealkylation sites (tertiary alicyclic amines) is 1. The summed E-state index contributed by atoms with van der Waals surface area (Å²) >= 11 is 0. The lowest BCUT2D eigenvalue weighted by Crippen LogP contribution is -2.43. The Kier molecular flexibility index (Phi) is 5.55. The number of carbonyl (C=O) groups is 1. The molecule has 6 nitrogen and oxygen atoms in total. The van der Waals surface area contributed by atoms with Crippen molar-refractivity contribution in [2.24, 2.45) is 0 Å². The number of hydrogen-bond donors (Lipinski definition) is 0. The Morgan fingerprint density at radius 3 is 2.54 bits per heavy atom. The fourth-order valence-electron chi connectivity index (χ4n) is 2.83. The monoisotopic (exact) mass is 361 g/mol. The molecule has 0 N–H and O–H groups in total. The molecular weight excluding hydrogens is 341 g/mol. The molecule has 7 heteroatoms. The maximum atomic E-state index is 12.8. The van der Waals surface area contributed by atoms with E-state index in [0.717, 1.165) is 0 Å². The van der Waals surface area contributed by atoms with E-state index in [1.54, 1.807) is 17.9 Å². The zero-order chi connectivity index (χ0) is 18.5. The average Bonchev–Trinajstić information content (AvgIpc) is 2.61. The zero-order valence-electron chi connectivity index (χ0n) is 14.4. The van der Waals surface area contributed by atoms with E-state index in [1.807, 2.05) is 0 Å². The highest BCUT2D eigenvalue weighted by atomic mass is 19.1. The van der Waals surface area contributed by atoms with Gasteiger partial charge >= 0.3 is 5.63 Å². The summed E-state index contributed by atoms with van der Waals surface area (Å²) in [5, 5.41) is 0. The van der Waals surface area contributed by atoms with Gasteiger partial charge in [0.25, 0.3) is 5.91 Å². The average molecular weight is 361 g/mol. The minimum absolute atomic E-state index is 0.0572. The van der Waals surface area contributed by atoms with Crippen LogP contribution in [0.1, 0.15) is 18.6 Å². The largest absolute Gasteiger partial charge is 0.490 e. The number of amides is 1. The van der Waals surface area contributed by atoms with E-state index < -0.39 is 5.63 Å². The van der Waals surface area contributed by atoms with Crippen molar-refractivity contribution in [3.8, 4) is 11.5 Å². The SMILES string of the molecule is Cc1cc(OC2CCN(C(=O)COc3ccc(F)cc3)CC2)cc(=O)o1. The summed E-state index contributed by atoms with van der Waals surface area (Å²) in [6, 6.07) is 8.54. The highest BCUT2D eigenvalue weighted by Crippen LogP contribution is 2.19. The fourth-order valence-corrected chi connectivity index (χ4v) is 2.83. The summed E-state index contributed by atoms with van der Waals surface area (Å²) in [4.78, 5) is 25.3. The van der Waals surface area contributed by atoms with Crippen LogP contribution in [0.5, 0.6) is 11.5 Å². The van der Waals surface area contributed by atoms with Gasteiger partial charge in [-0.1, -0.05) is 0 Å². The molecule has 1 amide bonds. The Bertz CT molecular complexity index is 809. The van der Waals surface area contributed by atoms with Crippen molar-refractivity contribution in [1.82, 2.24) is 4.90 Å². The summed E-state index contributed by atoms with van der Waals surface area (Å²) in [6.45, 7) is 2.71. The Morgan fingerprint density at radius 2 is 1.88 bits per heavy atom. The van der Waals surface area contributed by atoms with Gasteiger partial charge in [0.2, 0.25) is 0 Å². The smallest absolute Gasteiger partial charge is 0.339 e. The third kappa shape index (κ3) is 4.84. The first kappa shape index (κ1) is 18.0. The summed E-state index contributed by atoms with van der Waals surface area (Å²) < 4.78 is 29.0. The number of piperidine rings is 1. The van der Waals surface area contributed by atoms with Gasteiger partial charge in [-0.2, -0.15) is 0 Å². The lowest BCUT2D eigenvalue weighted by molar-refractivity contribution is -0.135. The van der Waals surface area contributed by atoms with Gasteiger partial charge in [-0.05, 0) is 31.2 Å². The molecule has 138 valence electrons. The topological polar surface area (TPSA) is 69.0 Å². The van der Waals surface area contributed by atoms with Gasteiger partial charge in [0.05, 0.1) is 6.07 Å². The van der Waals surface area contributed by atoms with E-state index in [-0.39, 0.29) is 24.4 Å². The number of ether oxygens (including phenoxy) is 2. The maximum absolute atomic E-state index is 12.8. The van der Waals surface area contributed by atoms with Crippen molar-refractivity contribution >= 4 is 5.91 Å². The minimum Gasteiger partial charge on any atom is -0.490 e. The van der Waals surface area contributed by atoms with Crippen molar-refractivity contribution in [3.63, 3.8) is 0 Å². The molecule has 1 aliphatic heterocycles. The Hall–Kier alpha value is -2.83. The Balaban J connectivity index is 1.46. The lowest BCUT2D eigenvalue weighted by atomic mass is 10.1. The quantitative estimate of drug-likeness (QED) is 0.819. The second kappa shape index (κ2) is 8.03. The Morgan fingerprint density at radius 1 is 1.19 bits per heavy atom. The van der Waals surface area contributed by atoms with Crippen LogP contribution in [0.25, 0.3) is 0 Å². The number of rotatable bonds is 5. The van der Waals surface area contributed by atoms with Crippen LogP contribution in [0.4, 0.5) is 4.39 Å². The molecule has 0 aliphatic carbocycles. The van der Waals surface area contributed by atoms with E-state index in [2.05, 4.69) is 0 Å². The summed E-state index contributed by atoms with van der Waals surface area (Å²) in [5.74, 6) is 0.971. The molecule has 1 aliphatic rings.